The van der Waals surface area contributed by atoms with Crippen molar-refractivity contribution in [2.75, 3.05) is 7.05 Å². The third-order valence-electron chi connectivity index (χ3n) is 4.27. The summed E-state index contributed by atoms with van der Waals surface area (Å²) in [6.45, 7) is 0. The molecule has 21 heavy (non-hydrogen) atoms. The second-order valence-corrected chi connectivity index (χ2v) is 5.53. The summed E-state index contributed by atoms with van der Waals surface area (Å²) in [5, 5.41) is 2.75. The zero-order valence-corrected chi connectivity index (χ0v) is 11.7. The lowest BCUT2D eigenvalue weighted by atomic mass is 9.73. The van der Waals surface area contributed by atoms with Crippen LogP contribution in [-0.2, 0) is 0 Å². The summed E-state index contributed by atoms with van der Waals surface area (Å²) in [4.78, 5) is 0. The molecule has 0 saturated heterocycles. The van der Waals surface area contributed by atoms with Crippen molar-refractivity contribution in [3.63, 3.8) is 0 Å². The van der Waals surface area contributed by atoms with Crippen LogP contribution in [0.1, 0.15) is 37.3 Å². The van der Waals surface area contributed by atoms with Gasteiger partial charge in [0.1, 0.15) is 11.6 Å². The molecular weight excluding hydrogens is 289 g/mol. The van der Waals surface area contributed by atoms with E-state index in [0.717, 1.165) is 18.2 Å². The Labute approximate surface area is 120 Å². The lowest BCUT2D eigenvalue weighted by Gasteiger charge is -2.38. The number of hydrogen-bond acceptors (Lipinski definition) is 1. The molecule has 0 heterocycles. The highest BCUT2D eigenvalue weighted by molar-refractivity contribution is 5.23. The van der Waals surface area contributed by atoms with Crippen LogP contribution < -0.4 is 5.32 Å². The lowest BCUT2D eigenvalue weighted by Crippen LogP contribution is -2.40. The summed E-state index contributed by atoms with van der Waals surface area (Å²) in [5.41, 5.74) is -0.0290. The van der Waals surface area contributed by atoms with E-state index in [1.54, 1.807) is 0 Å². The molecule has 3 unspecified atom stereocenters. The van der Waals surface area contributed by atoms with E-state index in [1.165, 1.54) is 7.05 Å². The largest absolute Gasteiger partial charge is 0.392 e. The van der Waals surface area contributed by atoms with Crippen LogP contribution in [0.15, 0.2) is 18.2 Å². The first kappa shape index (κ1) is 16.2. The predicted octanol–water partition coefficient (Wildman–Crippen LogP) is 4.59. The molecule has 0 bridgehead atoms. The summed E-state index contributed by atoms with van der Waals surface area (Å²) in [5.74, 6) is -3.58. The Morgan fingerprint density at radius 2 is 1.81 bits per heavy atom. The third kappa shape index (κ3) is 3.54. The highest BCUT2D eigenvalue weighted by atomic mass is 19.4. The van der Waals surface area contributed by atoms with Crippen LogP contribution in [0.4, 0.5) is 22.0 Å². The van der Waals surface area contributed by atoms with Crippen LogP contribution in [0.5, 0.6) is 0 Å². The zero-order chi connectivity index (χ0) is 15.6. The number of benzene rings is 1. The summed E-state index contributed by atoms with van der Waals surface area (Å²) < 4.78 is 66.8. The van der Waals surface area contributed by atoms with Gasteiger partial charge in [-0.15, -0.1) is 0 Å². The number of alkyl halides is 3. The summed E-state index contributed by atoms with van der Waals surface area (Å²) in [6, 6.07) is 2.07. The summed E-state index contributed by atoms with van der Waals surface area (Å²) in [6.07, 6.45) is -2.73. The van der Waals surface area contributed by atoms with Crippen LogP contribution >= 0.6 is 0 Å². The minimum absolute atomic E-state index is 0.0290. The Balaban J connectivity index is 2.36. The maximum atomic E-state index is 13.9. The fourth-order valence-electron chi connectivity index (χ4n) is 3.32. The van der Waals surface area contributed by atoms with Gasteiger partial charge in [0.05, 0.1) is 5.92 Å². The molecule has 2 rings (SSSR count). The normalized spacial score (nSPS) is 24.9. The number of halogens is 5. The first-order valence-electron chi connectivity index (χ1n) is 7.03. The van der Waals surface area contributed by atoms with E-state index < -0.39 is 35.7 Å². The van der Waals surface area contributed by atoms with Crippen LogP contribution in [-0.4, -0.2) is 13.2 Å². The van der Waals surface area contributed by atoms with Crippen molar-refractivity contribution in [1.29, 1.82) is 0 Å². The van der Waals surface area contributed by atoms with Gasteiger partial charge in [0.25, 0.3) is 0 Å². The molecule has 0 spiro atoms. The molecule has 1 nitrogen and oxygen atoms in total. The van der Waals surface area contributed by atoms with E-state index in [9.17, 15) is 22.0 Å². The second-order valence-electron chi connectivity index (χ2n) is 5.53. The van der Waals surface area contributed by atoms with Gasteiger partial charge in [-0.25, -0.2) is 8.78 Å². The monoisotopic (exact) mass is 307 g/mol. The first-order chi connectivity index (χ1) is 9.84. The maximum absolute atomic E-state index is 13.9. The van der Waals surface area contributed by atoms with Gasteiger partial charge in [-0.05, 0) is 44.0 Å². The molecule has 3 atom stereocenters. The van der Waals surface area contributed by atoms with Crippen LogP contribution in [0.3, 0.4) is 0 Å². The van der Waals surface area contributed by atoms with Gasteiger partial charge in [0, 0.05) is 11.6 Å². The van der Waals surface area contributed by atoms with Crippen molar-refractivity contribution in [2.24, 2.45) is 11.8 Å². The third-order valence-corrected chi connectivity index (χ3v) is 4.27. The Morgan fingerprint density at radius 1 is 1.14 bits per heavy atom. The van der Waals surface area contributed by atoms with Gasteiger partial charge >= 0.3 is 6.18 Å². The van der Waals surface area contributed by atoms with Crippen molar-refractivity contribution < 1.29 is 22.0 Å². The van der Waals surface area contributed by atoms with Crippen LogP contribution in [0.2, 0.25) is 0 Å². The lowest BCUT2D eigenvalue weighted by molar-refractivity contribution is -0.199. The highest BCUT2D eigenvalue weighted by Gasteiger charge is 2.48. The van der Waals surface area contributed by atoms with E-state index in [4.69, 9.17) is 0 Å². The first-order valence-corrected chi connectivity index (χ1v) is 7.03. The van der Waals surface area contributed by atoms with E-state index in [0.29, 0.717) is 19.3 Å². The van der Waals surface area contributed by atoms with Gasteiger partial charge in [-0.2, -0.15) is 13.2 Å². The molecule has 1 saturated carbocycles. The molecule has 6 heteroatoms. The number of nitrogens with one attached hydrogen (secondary N) is 1. The molecule has 0 aliphatic heterocycles. The molecule has 0 aromatic heterocycles. The molecule has 1 aliphatic rings. The zero-order valence-electron chi connectivity index (χ0n) is 11.7. The number of rotatable bonds is 3. The molecule has 1 aromatic carbocycles. The van der Waals surface area contributed by atoms with Crippen molar-refractivity contribution in [2.45, 2.75) is 37.9 Å². The molecular formula is C15H18F5N. The van der Waals surface area contributed by atoms with Crippen molar-refractivity contribution in [3.8, 4) is 0 Å². The maximum Gasteiger partial charge on any atom is 0.392 e. The average molecular weight is 307 g/mol. The van der Waals surface area contributed by atoms with Gasteiger partial charge in [0.15, 0.2) is 0 Å². The highest BCUT2D eigenvalue weighted by Crippen LogP contribution is 2.46. The molecule has 0 amide bonds. The minimum atomic E-state index is -4.32. The van der Waals surface area contributed by atoms with Crippen molar-refractivity contribution in [1.82, 2.24) is 5.32 Å². The smallest absolute Gasteiger partial charge is 0.313 e. The molecule has 1 fully saturated rings. The number of hydrogen-bond donors (Lipinski definition) is 1. The Hall–Kier alpha value is -1.17. The fourth-order valence-corrected chi connectivity index (χ4v) is 3.32. The topological polar surface area (TPSA) is 12.0 Å². The molecule has 1 N–H and O–H groups in total. The standard InChI is InChI=1S/C15H18F5N/c1-21-14(11-8-9(16)6-7-13(11)17)10-4-2-3-5-12(10)15(18,19)20/h6-8,10,12,14,21H,2-5H2,1H3. The van der Waals surface area contributed by atoms with E-state index in [2.05, 4.69) is 5.32 Å². The summed E-state index contributed by atoms with van der Waals surface area (Å²) >= 11 is 0. The Kier molecular flexibility index (Phi) is 4.86. The second kappa shape index (κ2) is 6.30. The predicted molar refractivity (Wildman–Crippen MR) is 69.7 cm³/mol. The van der Waals surface area contributed by atoms with Crippen LogP contribution in [0, 0.1) is 23.5 Å². The SMILES string of the molecule is CNC(c1cc(F)ccc1F)C1CCCCC1C(F)(F)F. The molecule has 1 aromatic rings. The molecule has 0 radical (unpaired) electrons. The van der Waals surface area contributed by atoms with Crippen LogP contribution in [0.25, 0.3) is 0 Å². The fraction of sp³-hybridized carbons (Fsp3) is 0.600. The van der Waals surface area contributed by atoms with Gasteiger partial charge in [0.2, 0.25) is 0 Å². The van der Waals surface area contributed by atoms with Gasteiger partial charge < -0.3 is 5.32 Å². The van der Waals surface area contributed by atoms with E-state index >= 15 is 0 Å². The summed E-state index contributed by atoms with van der Waals surface area (Å²) in [7, 11) is 1.48. The Bertz CT molecular complexity index is 485. The van der Waals surface area contributed by atoms with Crippen molar-refractivity contribution in [3.05, 3.63) is 35.4 Å². The Morgan fingerprint density at radius 3 is 2.43 bits per heavy atom. The van der Waals surface area contributed by atoms with Crippen molar-refractivity contribution >= 4 is 0 Å². The van der Waals surface area contributed by atoms with Gasteiger partial charge in [-0.1, -0.05) is 12.8 Å². The van der Waals surface area contributed by atoms with E-state index in [-0.39, 0.29) is 12.0 Å². The quantitative estimate of drug-likeness (QED) is 0.805. The average Bonchev–Trinajstić information content (AvgIpc) is 2.43. The molecule has 1 aliphatic carbocycles. The molecule has 118 valence electrons. The van der Waals surface area contributed by atoms with E-state index in [1.807, 2.05) is 0 Å². The van der Waals surface area contributed by atoms with Gasteiger partial charge in [-0.3, -0.25) is 0 Å². The minimum Gasteiger partial charge on any atom is -0.313 e.